The summed E-state index contributed by atoms with van der Waals surface area (Å²) in [5.41, 5.74) is 1.05. The van der Waals surface area contributed by atoms with Crippen molar-refractivity contribution in [3.05, 3.63) is 83.9 Å². The molecule has 2 N–H and O–H groups in total. The molecule has 1 fully saturated rings. The highest BCUT2D eigenvalue weighted by molar-refractivity contribution is 9.48. The molecule has 0 bridgehead atoms. The number of hydrogen-bond acceptors (Lipinski definition) is 9. The third-order valence-corrected chi connectivity index (χ3v) is 36.2. The summed E-state index contributed by atoms with van der Waals surface area (Å²) in [5.74, 6) is 0.368. The number of nitrogens with one attached hydrogen (secondary N) is 1. The number of alkyl carbamates (subject to hydrolysis) is 1. The number of rotatable bonds is 4. The summed E-state index contributed by atoms with van der Waals surface area (Å²) in [6.45, 7) is 7.35. The lowest BCUT2D eigenvalue weighted by molar-refractivity contribution is 0.0541. The fraction of sp³-hybridized carbons (Fsp3) is 0.259. The summed E-state index contributed by atoms with van der Waals surface area (Å²) in [7, 11) is 1.54. The van der Waals surface area contributed by atoms with Gasteiger partial charge in [0.1, 0.15) is 17.1 Å². The van der Waals surface area contributed by atoms with Crippen molar-refractivity contribution in [2.24, 2.45) is 0 Å². The highest BCUT2D eigenvalue weighted by Gasteiger charge is 2.45. The molecule has 0 radical (unpaired) electrons. The van der Waals surface area contributed by atoms with Crippen LogP contribution in [0.4, 0.5) is 4.79 Å². The van der Waals surface area contributed by atoms with E-state index in [0.29, 0.717) is 11.3 Å². The predicted octanol–water partition coefficient (Wildman–Crippen LogP) is 8.53. The smallest absolute Gasteiger partial charge is 0.407 e. The summed E-state index contributed by atoms with van der Waals surface area (Å²) in [6, 6.07) is 21.9. The molecule has 41 heavy (non-hydrogen) atoms. The van der Waals surface area contributed by atoms with Crippen molar-refractivity contribution in [2.75, 3.05) is 12.4 Å². The van der Waals surface area contributed by atoms with Crippen LogP contribution < -0.4 is 20.7 Å². The molecule has 6 nitrogen and oxygen atoms in total. The molecular weight excluding hydrogens is 679 g/mol. The van der Waals surface area contributed by atoms with E-state index in [-0.39, 0.29) is 28.8 Å². The molecule has 1 aliphatic rings. The van der Waals surface area contributed by atoms with Gasteiger partial charge in [0.05, 0.1) is 19.8 Å². The third kappa shape index (κ3) is 11.1. The van der Waals surface area contributed by atoms with Crippen LogP contribution in [0.3, 0.4) is 0 Å². The number of hydrogen-bond donors (Lipinski definition) is 2. The Balaban J connectivity index is 0.000000416. The highest BCUT2D eigenvalue weighted by atomic mass is 35.5. The minimum Gasteiger partial charge on any atom is -0.508 e. The Morgan fingerprint density at radius 2 is 1.37 bits per heavy atom. The van der Waals surface area contributed by atoms with Crippen LogP contribution in [-0.4, -0.2) is 35.2 Å². The van der Waals surface area contributed by atoms with Gasteiger partial charge in [-0.1, -0.05) is 63.8 Å². The number of aryl methyl sites for hydroxylation is 1. The van der Waals surface area contributed by atoms with E-state index >= 15 is 0 Å². The van der Waals surface area contributed by atoms with Gasteiger partial charge in [-0.05, 0) is 87.9 Å². The molecule has 0 saturated carbocycles. The zero-order valence-electron chi connectivity index (χ0n) is 23.0. The van der Waals surface area contributed by atoms with Crippen molar-refractivity contribution in [3.63, 3.8) is 0 Å². The van der Waals surface area contributed by atoms with E-state index in [0.717, 1.165) is 16.2 Å². The number of benzene rings is 3. The maximum absolute atomic E-state index is 12.4. The minimum absolute atomic E-state index is 0.194. The molecule has 1 amide bonds. The van der Waals surface area contributed by atoms with Gasteiger partial charge in [0.25, 0.3) is 0 Å². The molecule has 0 aliphatic carbocycles. The molecule has 3 aromatic carbocycles. The molecule has 1 heterocycles. The van der Waals surface area contributed by atoms with E-state index in [1.807, 2.05) is 70.2 Å². The molecule has 1 saturated heterocycles. The number of carbonyl (C=O) groups excluding carboxylic acids is 2. The Labute approximate surface area is 269 Å². The normalized spacial score (nSPS) is 19.2. The molecule has 14 heteroatoms. The molecule has 0 spiro atoms. The predicted molar refractivity (Wildman–Crippen MR) is 186 cm³/mol. The molecule has 0 unspecified atom stereocenters. The lowest BCUT2D eigenvalue weighted by atomic mass is 10.1. The summed E-state index contributed by atoms with van der Waals surface area (Å²) >= 11 is 24.8. The number of amides is 1. The van der Waals surface area contributed by atoms with Gasteiger partial charge >= 0.3 is 12.1 Å². The lowest BCUT2D eigenvalue weighted by Gasteiger charge is -2.40. The van der Waals surface area contributed by atoms with Crippen molar-refractivity contribution in [1.82, 2.24) is 5.32 Å². The van der Waals surface area contributed by atoms with Crippen LogP contribution in [0.1, 0.15) is 36.7 Å². The second kappa shape index (κ2) is 16.0. The average Bonchev–Trinajstić information content (AvgIpc) is 2.88. The van der Waals surface area contributed by atoms with E-state index in [1.165, 1.54) is 7.05 Å². The van der Waals surface area contributed by atoms with Gasteiger partial charge < -0.3 is 19.9 Å². The van der Waals surface area contributed by atoms with Gasteiger partial charge in [-0.3, -0.25) is 0 Å². The van der Waals surface area contributed by atoms with Crippen molar-refractivity contribution < 1.29 is 24.2 Å². The molecule has 0 atom stereocenters. The topological polar surface area (TPSA) is 84.9 Å². The summed E-state index contributed by atoms with van der Waals surface area (Å²) in [6.07, 6.45) is -0.387. The fourth-order valence-corrected chi connectivity index (χ4v) is 45.4. The first-order valence-electron chi connectivity index (χ1n) is 12.0. The summed E-state index contributed by atoms with van der Waals surface area (Å²) in [4.78, 5) is 22.9. The standard InChI is InChI=1S/C20H16O3P2S4.C6H13NO2.CH2Cl2/c1-14-4-2-3-5-19(14)20(22)23-16-8-12-18(13-9-16)25(27)28-24(26,29-25)17-10-6-15(21)7-11-17;1-6(2,3)9-5(8)7-4;2-1-3/h2-13,21H,1H3;1-4H3,(H,7,8);1H2. The van der Waals surface area contributed by atoms with Crippen LogP contribution in [0.15, 0.2) is 72.8 Å². The maximum atomic E-state index is 12.4. The van der Waals surface area contributed by atoms with E-state index in [9.17, 15) is 14.7 Å². The molecule has 0 aromatic heterocycles. The first kappa shape index (κ1) is 36.0. The van der Waals surface area contributed by atoms with Crippen molar-refractivity contribution in [1.29, 1.82) is 0 Å². The molecule has 4 rings (SSSR count). The van der Waals surface area contributed by atoms with Crippen LogP contribution in [-0.2, 0) is 28.4 Å². The second-order valence-corrected chi connectivity index (χ2v) is 31.3. The van der Waals surface area contributed by atoms with Crippen LogP contribution in [0, 0.1) is 6.92 Å². The maximum Gasteiger partial charge on any atom is 0.407 e. The number of ether oxygens (including phenoxy) is 2. The van der Waals surface area contributed by atoms with Crippen LogP contribution in [0.5, 0.6) is 11.5 Å². The van der Waals surface area contributed by atoms with Gasteiger partial charge in [-0.15, -0.1) is 23.2 Å². The molecule has 3 aromatic rings. The van der Waals surface area contributed by atoms with Gasteiger partial charge in [0, 0.05) is 17.7 Å². The number of halogens is 2. The van der Waals surface area contributed by atoms with Gasteiger partial charge in [0.15, 0.2) is 0 Å². The highest BCUT2D eigenvalue weighted by Crippen LogP contribution is 3.04. The van der Waals surface area contributed by atoms with E-state index in [4.69, 9.17) is 56.3 Å². The Morgan fingerprint density at radius 3 is 1.78 bits per heavy atom. The number of phenolic OH excluding ortho intramolecular Hbond substituents is 1. The monoisotopic (exact) mass is 709 g/mol. The van der Waals surface area contributed by atoms with Gasteiger partial charge in [0.2, 0.25) is 0 Å². The van der Waals surface area contributed by atoms with Crippen molar-refractivity contribution in [3.8, 4) is 11.5 Å². The zero-order chi connectivity index (χ0) is 30.8. The summed E-state index contributed by atoms with van der Waals surface area (Å²) in [5, 5.41) is 14.2. The molecular formula is C27H31Cl2NO5P2S4. The lowest BCUT2D eigenvalue weighted by Crippen LogP contribution is -2.30. The quantitative estimate of drug-likeness (QED) is 0.120. The average molecular weight is 711 g/mol. The summed E-state index contributed by atoms with van der Waals surface area (Å²) < 4.78 is 6.68. The van der Waals surface area contributed by atoms with Crippen LogP contribution in [0.2, 0.25) is 0 Å². The number of esters is 1. The largest absolute Gasteiger partial charge is 0.508 e. The first-order valence-corrected chi connectivity index (χ1v) is 22.7. The Bertz CT molecular complexity index is 1420. The SMILES string of the molecule is CNC(=O)OC(C)(C)C.Cc1ccccc1C(=O)Oc1ccc(P2(=S)SP(=S)(c3ccc(O)cc3)S2)cc1.ClCCl. The number of carbonyl (C=O) groups is 2. The molecule has 222 valence electrons. The van der Waals surface area contributed by atoms with Gasteiger partial charge in [-0.25, -0.2) is 9.59 Å². The first-order chi connectivity index (χ1) is 19.2. The van der Waals surface area contributed by atoms with E-state index in [2.05, 4.69) is 5.32 Å². The zero-order valence-corrected chi connectivity index (χ0v) is 29.6. The van der Waals surface area contributed by atoms with Gasteiger partial charge in [-0.2, -0.15) is 0 Å². The Morgan fingerprint density at radius 1 is 0.902 bits per heavy atom. The third-order valence-electron chi connectivity index (χ3n) is 4.93. The number of alkyl halides is 2. The van der Waals surface area contributed by atoms with Crippen molar-refractivity contribution >= 4 is 100 Å². The van der Waals surface area contributed by atoms with Crippen molar-refractivity contribution in [2.45, 2.75) is 33.3 Å². The van der Waals surface area contributed by atoms with Crippen LogP contribution in [0.25, 0.3) is 0 Å². The fourth-order valence-electron chi connectivity index (χ4n) is 3.10. The Hall–Kier alpha value is -1.22. The molecule has 1 aliphatic heterocycles. The van der Waals surface area contributed by atoms with E-state index in [1.54, 1.807) is 52.3 Å². The number of phenols is 1. The minimum atomic E-state index is -1.86. The number of aromatic hydroxyl groups is 1. The second-order valence-electron chi connectivity index (χ2n) is 9.23. The Kier molecular flexibility index (Phi) is 14.1. The van der Waals surface area contributed by atoms with E-state index < -0.39 is 8.88 Å². The van der Waals surface area contributed by atoms with Crippen LogP contribution >= 0.6 is 54.1 Å².